The summed E-state index contributed by atoms with van der Waals surface area (Å²) in [6.07, 6.45) is 5.61. The molecule has 26 heavy (non-hydrogen) atoms. The van der Waals surface area contributed by atoms with E-state index < -0.39 is 9.84 Å². The van der Waals surface area contributed by atoms with Crippen LogP contribution in [0.15, 0.2) is 48.4 Å². The maximum absolute atomic E-state index is 11.5. The molecule has 3 aliphatic rings. The van der Waals surface area contributed by atoms with Gasteiger partial charge in [-0.1, -0.05) is 24.3 Å². The van der Waals surface area contributed by atoms with Gasteiger partial charge >= 0.3 is 0 Å². The number of hydrogen-bond acceptors (Lipinski definition) is 6. The normalized spacial score (nSPS) is 28.2. The van der Waals surface area contributed by atoms with Crippen LogP contribution >= 0.6 is 0 Å². The zero-order valence-corrected chi connectivity index (χ0v) is 15.7. The highest BCUT2D eigenvalue weighted by atomic mass is 32.2. The van der Waals surface area contributed by atoms with Gasteiger partial charge in [-0.3, -0.25) is 4.90 Å². The second-order valence-electron chi connectivity index (χ2n) is 7.03. The van der Waals surface area contributed by atoms with Crippen molar-refractivity contribution < 1.29 is 17.9 Å². The SMILES string of the molecule is CN1C=CC=C2OC[C@H](c3ccc(CN4CCS(=O)(=O)CC4)cc3)OC21. The lowest BCUT2D eigenvalue weighted by atomic mass is 10.1. The van der Waals surface area contributed by atoms with Crippen LogP contribution in [-0.4, -0.2) is 62.7 Å². The van der Waals surface area contributed by atoms with Gasteiger partial charge in [0.1, 0.15) is 18.5 Å². The molecule has 0 N–H and O–H groups in total. The number of likely N-dealkylation sites (N-methyl/N-ethyl adjacent to an activating group) is 1. The van der Waals surface area contributed by atoms with Crippen molar-refractivity contribution in [1.29, 1.82) is 0 Å². The molecule has 0 aromatic heterocycles. The first-order valence-electron chi connectivity index (χ1n) is 8.90. The van der Waals surface area contributed by atoms with Crippen LogP contribution in [0.1, 0.15) is 17.2 Å². The zero-order valence-electron chi connectivity index (χ0n) is 14.9. The molecule has 0 bridgehead atoms. The molecule has 3 aliphatic heterocycles. The van der Waals surface area contributed by atoms with Gasteiger partial charge in [0.25, 0.3) is 0 Å². The van der Waals surface area contributed by atoms with Crippen LogP contribution in [0.5, 0.6) is 0 Å². The van der Waals surface area contributed by atoms with Crippen molar-refractivity contribution in [1.82, 2.24) is 9.80 Å². The Hall–Kier alpha value is -1.83. The molecule has 0 saturated carbocycles. The van der Waals surface area contributed by atoms with Crippen molar-refractivity contribution in [2.45, 2.75) is 18.9 Å². The van der Waals surface area contributed by atoms with Crippen LogP contribution in [0, 0.1) is 0 Å². The molecule has 2 saturated heterocycles. The van der Waals surface area contributed by atoms with E-state index in [0.29, 0.717) is 19.7 Å². The third-order valence-corrected chi connectivity index (χ3v) is 6.69. The molecule has 4 rings (SSSR count). The van der Waals surface area contributed by atoms with Crippen LogP contribution in [-0.2, 0) is 25.9 Å². The van der Waals surface area contributed by atoms with Crippen molar-refractivity contribution >= 4 is 9.84 Å². The molecule has 0 spiro atoms. The lowest BCUT2D eigenvalue weighted by Crippen LogP contribution is -2.40. The average Bonchev–Trinajstić information content (AvgIpc) is 2.64. The number of nitrogens with zero attached hydrogens (tertiary/aromatic N) is 2. The standard InChI is InChI=1S/C19H24N2O4S/c1-20-8-2-3-17-19(20)25-18(14-24-17)16-6-4-15(5-7-16)13-21-9-11-26(22,23)12-10-21/h2-8,18-19H,9-14H2,1H3/t18-,19?/m1/s1. The fourth-order valence-corrected chi connectivity index (χ4v) is 4.74. The van der Waals surface area contributed by atoms with Crippen LogP contribution in [0.25, 0.3) is 0 Å². The van der Waals surface area contributed by atoms with Gasteiger partial charge in [-0.2, -0.15) is 0 Å². The minimum Gasteiger partial charge on any atom is -0.490 e. The van der Waals surface area contributed by atoms with E-state index in [2.05, 4.69) is 29.2 Å². The Balaban J connectivity index is 1.37. The number of rotatable bonds is 3. The minimum absolute atomic E-state index is 0.0970. The second-order valence-corrected chi connectivity index (χ2v) is 9.34. The quantitative estimate of drug-likeness (QED) is 0.800. The van der Waals surface area contributed by atoms with E-state index in [-0.39, 0.29) is 23.8 Å². The molecule has 0 aliphatic carbocycles. The molecule has 1 aromatic rings. The highest BCUT2D eigenvalue weighted by Gasteiger charge is 2.32. The Morgan fingerprint density at radius 1 is 1.15 bits per heavy atom. The van der Waals surface area contributed by atoms with E-state index in [1.165, 1.54) is 5.56 Å². The molecule has 2 atom stereocenters. The van der Waals surface area contributed by atoms with Crippen molar-refractivity contribution in [2.75, 3.05) is 38.2 Å². The predicted molar refractivity (Wildman–Crippen MR) is 98.9 cm³/mol. The first-order valence-corrected chi connectivity index (χ1v) is 10.7. The number of sulfone groups is 1. The Bertz CT molecular complexity index is 802. The second kappa shape index (κ2) is 7.06. The lowest BCUT2D eigenvalue weighted by molar-refractivity contribution is -0.144. The predicted octanol–water partition coefficient (Wildman–Crippen LogP) is 1.67. The number of hydrogen-bond donors (Lipinski definition) is 0. The highest BCUT2D eigenvalue weighted by Crippen LogP contribution is 2.31. The maximum Gasteiger partial charge on any atom is 0.188 e. The van der Waals surface area contributed by atoms with E-state index >= 15 is 0 Å². The van der Waals surface area contributed by atoms with Crippen molar-refractivity contribution in [3.8, 4) is 0 Å². The van der Waals surface area contributed by atoms with Gasteiger partial charge in [0.2, 0.25) is 0 Å². The van der Waals surface area contributed by atoms with E-state index in [1.54, 1.807) is 0 Å². The lowest BCUT2D eigenvalue weighted by Gasteiger charge is -2.38. The van der Waals surface area contributed by atoms with Crippen LogP contribution in [0.4, 0.5) is 0 Å². The molecule has 0 radical (unpaired) electrons. The minimum atomic E-state index is -2.83. The number of ether oxygens (including phenoxy) is 2. The molecule has 0 amide bonds. The summed E-state index contributed by atoms with van der Waals surface area (Å²) >= 11 is 0. The summed E-state index contributed by atoms with van der Waals surface area (Å²) in [7, 11) is -0.855. The molecule has 140 valence electrons. The fourth-order valence-electron chi connectivity index (χ4n) is 3.46. The number of benzene rings is 1. The molecule has 6 nitrogen and oxygen atoms in total. The third kappa shape index (κ3) is 3.79. The van der Waals surface area contributed by atoms with Crippen molar-refractivity contribution in [3.05, 3.63) is 59.5 Å². The van der Waals surface area contributed by atoms with Gasteiger partial charge < -0.3 is 14.4 Å². The first kappa shape index (κ1) is 17.6. The topological polar surface area (TPSA) is 59.1 Å². The van der Waals surface area contributed by atoms with Gasteiger partial charge in [-0.25, -0.2) is 8.42 Å². The smallest absolute Gasteiger partial charge is 0.188 e. The van der Waals surface area contributed by atoms with E-state index in [9.17, 15) is 8.42 Å². The largest absolute Gasteiger partial charge is 0.490 e. The average molecular weight is 376 g/mol. The van der Waals surface area contributed by atoms with E-state index in [0.717, 1.165) is 17.9 Å². The Morgan fingerprint density at radius 2 is 1.88 bits per heavy atom. The Morgan fingerprint density at radius 3 is 2.62 bits per heavy atom. The van der Waals surface area contributed by atoms with Crippen molar-refractivity contribution in [2.24, 2.45) is 0 Å². The fraction of sp³-hybridized carbons (Fsp3) is 0.474. The summed E-state index contributed by atoms with van der Waals surface area (Å²) in [6.45, 7) is 2.51. The zero-order chi connectivity index (χ0) is 18.1. The monoisotopic (exact) mass is 376 g/mol. The molecule has 7 heteroatoms. The van der Waals surface area contributed by atoms with Gasteiger partial charge in [-0.15, -0.1) is 0 Å². The van der Waals surface area contributed by atoms with E-state index in [4.69, 9.17) is 9.47 Å². The summed E-state index contributed by atoms with van der Waals surface area (Å²) in [5.41, 5.74) is 2.28. The van der Waals surface area contributed by atoms with Gasteiger partial charge in [-0.05, 0) is 23.3 Å². The van der Waals surface area contributed by atoms with Gasteiger partial charge in [0.15, 0.2) is 16.1 Å². The van der Waals surface area contributed by atoms with Crippen LogP contribution < -0.4 is 0 Å². The molecule has 1 unspecified atom stereocenters. The van der Waals surface area contributed by atoms with Crippen molar-refractivity contribution in [3.63, 3.8) is 0 Å². The van der Waals surface area contributed by atoms with Gasteiger partial charge in [0.05, 0.1) is 11.5 Å². The van der Waals surface area contributed by atoms with Crippen LogP contribution in [0.3, 0.4) is 0 Å². The highest BCUT2D eigenvalue weighted by molar-refractivity contribution is 7.91. The third-order valence-electron chi connectivity index (χ3n) is 5.08. The Kier molecular flexibility index (Phi) is 4.77. The summed E-state index contributed by atoms with van der Waals surface area (Å²) in [5, 5.41) is 0. The summed E-state index contributed by atoms with van der Waals surface area (Å²) in [6, 6.07) is 8.35. The summed E-state index contributed by atoms with van der Waals surface area (Å²) < 4.78 is 35.1. The summed E-state index contributed by atoms with van der Waals surface area (Å²) in [4.78, 5) is 4.19. The first-order chi connectivity index (χ1) is 12.5. The molecule has 3 heterocycles. The maximum atomic E-state index is 11.5. The molecular weight excluding hydrogens is 352 g/mol. The Labute approximate surface area is 154 Å². The number of allylic oxidation sites excluding steroid dienone is 2. The molecular formula is C19H24N2O4S. The van der Waals surface area contributed by atoms with Crippen LogP contribution in [0.2, 0.25) is 0 Å². The van der Waals surface area contributed by atoms with Gasteiger partial charge in [0, 0.05) is 32.9 Å². The molecule has 2 fully saturated rings. The van der Waals surface area contributed by atoms with E-state index in [1.807, 2.05) is 30.3 Å². The number of fused-ring (bicyclic) bond motifs is 1. The molecule has 1 aromatic carbocycles. The summed E-state index contributed by atoms with van der Waals surface area (Å²) in [5.74, 6) is 1.37.